The summed E-state index contributed by atoms with van der Waals surface area (Å²) in [6.45, 7) is 2.48. The number of nitrogens with one attached hydrogen (secondary N) is 1. The number of hydrogen-bond acceptors (Lipinski definition) is 3. The van der Waals surface area contributed by atoms with Crippen LogP contribution in [0.1, 0.15) is 5.69 Å². The van der Waals surface area contributed by atoms with E-state index in [9.17, 15) is 0 Å². The molecule has 70 valence electrons. The molecule has 1 saturated heterocycles. The number of nitrogens with zero attached hydrogens (tertiary/aromatic N) is 1. The molecule has 0 atom stereocenters. The molecule has 0 amide bonds. The van der Waals surface area contributed by atoms with Crippen molar-refractivity contribution in [2.45, 2.75) is 12.6 Å². The maximum atomic E-state index is 5.05. The molecular weight excluding hydrogens is 232 g/mol. The van der Waals surface area contributed by atoms with Crippen LogP contribution in [0.4, 0.5) is 0 Å². The zero-order valence-corrected chi connectivity index (χ0v) is 8.75. The molecule has 0 saturated carbocycles. The molecule has 13 heavy (non-hydrogen) atoms. The van der Waals surface area contributed by atoms with Gasteiger partial charge in [-0.25, -0.2) is 0 Å². The molecule has 0 unspecified atom stereocenters. The number of ether oxygens (including phenoxy) is 1. The summed E-state index contributed by atoms with van der Waals surface area (Å²) in [5.41, 5.74) is 1.06. The van der Waals surface area contributed by atoms with Gasteiger partial charge >= 0.3 is 0 Å². The summed E-state index contributed by atoms with van der Waals surface area (Å²) in [6, 6.07) is 4.53. The standard InChI is InChI=1S/C9H11BrN2O/c10-7-1-2-8(11-3-7)4-12-9-5-13-6-9/h1-3,9,12H,4-6H2. The Hall–Kier alpha value is -0.450. The van der Waals surface area contributed by atoms with Crippen LogP contribution in [0.3, 0.4) is 0 Å². The van der Waals surface area contributed by atoms with Crippen LogP contribution < -0.4 is 5.32 Å². The van der Waals surface area contributed by atoms with Crippen LogP contribution in [0.5, 0.6) is 0 Å². The quantitative estimate of drug-likeness (QED) is 0.869. The molecule has 0 bridgehead atoms. The molecule has 1 aromatic rings. The zero-order valence-electron chi connectivity index (χ0n) is 7.16. The largest absolute Gasteiger partial charge is 0.378 e. The molecule has 1 aliphatic rings. The van der Waals surface area contributed by atoms with Gasteiger partial charge in [0.2, 0.25) is 0 Å². The van der Waals surface area contributed by atoms with Gasteiger partial charge in [0.1, 0.15) is 0 Å². The third-order valence-corrected chi connectivity index (χ3v) is 2.47. The van der Waals surface area contributed by atoms with Crippen LogP contribution in [0.2, 0.25) is 0 Å². The molecule has 3 nitrogen and oxygen atoms in total. The van der Waals surface area contributed by atoms with Gasteiger partial charge in [-0.2, -0.15) is 0 Å². The van der Waals surface area contributed by atoms with Gasteiger partial charge in [0.05, 0.1) is 24.9 Å². The predicted octanol–water partition coefficient (Wildman–Crippen LogP) is 1.33. The first-order valence-corrected chi connectivity index (χ1v) is 5.05. The van der Waals surface area contributed by atoms with E-state index in [-0.39, 0.29) is 0 Å². The minimum atomic E-state index is 0.519. The highest BCUT2D eigenvalue weighted by atomic mass is 79.9. The van der Waals surface area contributed by atoms with E-state index in [0.29, 0.717) is 6.04 Å². The number of pyridine rings is 1. The predicted molar refractivity (Wildman–Crippen MR) is 53.4 cm³/mol. The second-order valence-corrected chi connectivity index (χ2v) is 4.00. The van der Waals surface area contributed by atoms with Crippen LogP contribution in [0.25, 0.3) is 0 Å². The first-order valence-electron chi connectivity index (χ1n) is 4.26. The van der Waals surface area contributed by atoms with E-state index < -0.39 is 0 Å². The number of hydrogen-bond donors (Lipinski definition) is 1. The van der Waals surface area contributed by atoms with E-state index in [0.717, 1.165) is 29.9 Å². The molecule has 1 aliphatic heterocycles. The first kappa shape index (κ1) is 9.12. The second-order valence-electron chi connectivity index (χ2n) is 3.08. The molecule has 1 fully saturated rings. The van der Waals surface area contributed by atoms with Crippen LogP contribution in [0, 0.1) is 0 Å². The minimum Gasteiger partial charge on any atom is -0.378 e. The van der Waals surface area contributed by atoms with Crippen molar-refractivity contribution >= 4 is 15.9 Å². The lowest BCUT2D eigenvalue weighted by Gasteiger charge is -2.26. The number of rotatable bonds is 3. The van der Waals surface area contributed by atoms with Gasteiger partial charge in [0, 0.05) is 17.2 Å². The Morgan fingerprint density at radius 3 is 2.92 bits per heavy atom. The average Bonchev–Trinajstić information content (AvgIpc) is 2.05. The fourth-order valence-corrected chi connectivity index (χ4v) is 1.35. The summed E-state index contributed by atoms with van der Waals surface area (Å²) in [4.78, 5) is 4.26. The van der Waals surface area contributed by atoms with Crippen LogP contribution in [-0.4, -0.2) is 24.2 Å². The Labute approximate surface area is 85.6 Å². The lowest BCUT2D eigenvalue weighted by Crippen LogP contribution is -2.45. The molecule has 1 N–H and O–H groups in total. The van der Waals surface area contributed by atoms with E-state index in [4.69, 9.17) is 4.74 Å². The molecule has 0 radical (unpaired) electrons. The highest BCUT2D eigenvalue weighted by Crippen LogP contribution is 2.08. The molecular formula is C9H11BrN2O. The zero-order chi connectivity index (χ0) is 9.10. The van der Waals surface area contributed by atoms with Crippen LogP contribution in [-0.2, 0) is 11.3 Å². The minimum absolute atomic E-state index is 0.519. The van der Waals surface area contributed by atoms with E-state index in [1.165, 1.54) is 0 Å². The van der Waals surface area contributed by atoms with Crippen molar-refractivity contribution in [2.24, 2.45) is 0 Å². The topological polar surface area (TPSA) is 34.1 Å². The highest BCUT2D eigenvalue weighted by Gasteiger charge is 2.16. The van der Waals surface area contributed by atoms with Gasteiger partial charge in [-0.3, -0.25) is 4.98 Å². The second kappa shape index (κ2) is 4.17. The van der Waals surface area contributed by atoms with E-state index in [1.807, 2.05) is 18.3 Å². The normalized spacial score (nSPS) is 17.0. The number of aromatic nitrogens is 1. The Bertz CT molecular complexity index is 271. The number of halogens is 1. The Morgan fingerprint density at radius 2 is 2.38 bits per heavy atom. The summed E-state index contributed by atoms with van der Waals surface area (Å²) >= 11 is 3.35. The Morgan fingerprint density at radius 1 is 1.54 bits per heavy atom. The molecule has 0 aromatic carbocycles. The highest BCUT2D eigenvalue weighted by molar-refractivity contribution is 9.10. The van der Waals surface area contributed by atoms with Crippen LogP contribution >= 0.6 is 15.9 Å². The third-order valence-electron chi connectivity index (χ3n) is 2.00. The molecule has 4 heteroatoms. The summed E-state index contributed by atoms with van der Waals surface area (Å²) in [5, 5.41) is 3.35. The molecule has 2 rings (SSSR count). The van der Waals surface area contributed by atoms with E-state index in [2.05, 4.69) is 26.2 Å². The molecule has 0 spiro atoms. The average molecular weight is 243 g/mol. The lowest BCUT2D eigenvalue weighted by atomic mass is 10.2. The maximum absolute atomic E-state index is 5.05. The van der Waals surface area contributed by atoms with Crippen molar-refractivity contribution in [1.29, 1.82) is 0 Å². The Balaban J connectivity index is 1.83. The smallest absolute Gasteiger partial charge is 0.0643 e. The molecule has 1 aromatic heterocycles. The summed E-state index contributed by atoms with van der Waals surface area (Å²) in [7, 11) is 0. The van der Waals surface area contributed by atoms with Gasteiger partial charge in [0.25, 0.3) is 0 Å². The summed E-state index contributed by atoms with van der Waals surface area (Å²) < 4.78 is 6.07. The van der Waals surface area contributed by atoms with Gasteiger partial charge in [-0.1, -0.05) is 0 Å². The SMILES string of the molecule is Brc1ccc(CNC2COC2)nc1. The Kier molecular flexibility index (Phi) is 2.93. The fourth-order valence-electron chi connectivity index (χ4n) is 1.11. The molecule has 2 heterocycles. The van der Waals surface area contributed by atoms with Gasteiger partial charge in [-0.05, 0) is 28.1 Å². The first-order chi connectivity index (χ1) is 6.34. The van der Waals surface area contributed by atoms with Crippen molar-refractivity contribution in [1.82, 2.24) is 10.3 Å². The summed E-state index contributed by atoms with van der Waals surface area (Å²) in [5.74, 6) is 0. The van der Waals surface area contributed by atoms with Crippen molar-refractivity contribution in [3.8, 4) is 0 Å². The summed E-state index contributed by atoms with van der Waals surface area (Å²) in [6.07, 6.45) is 1.81. The monoisotopic (exact) mass is 242 g/mol. The van der Waals surface area contributed by atoms with Gasteiger partial charge < -0.3 is 10.1 Å². The van der Waals surface area contributed by atoms with E-state index >= 15 is 0 Å². The van der Waals surface area contributed by atoms with Crippen molar-refractivity contribution in [2.75, 3.05) is 13.2 Å². The maximum Gasteiger partial charge on any atom is 0.0643 e. The fraction of sp³-hybridized carbons (Fsp3) is 0.444. The van der Waals surface area contributed by atoms with Crippen molar-refractivity contribution in [3.05, 3.63) is 28.5 Å². The van der Waals surface area contributed by atoms with Gasteiger partial charge in [0.15, 0.2) is 0 Å². The van der Waals surface area contributed by atoms with E-state index in [1.54, 1.807) is 0 Å². The van der Waals surface area contributed by atoms with Crippen molar-refractivity contribution in [3.63, 3.8) is 0 Å². The lowest BCUT2D eigenvalue weighted by molar-refractivity contribution is -0.00591. The third kappa shape index (κ3) is 2.49. The van der Waals surface area contributed by atoms with Crippen molar-refractivity contribution < 1.29 is 4.74 Å². The van der Waals surface area contributed by atoms with Gasteiger partial charge in [-0.15, -0.1) is 0 Å². The van der Waals surface area contributed by atoms with Crippen LogP contribution in [0.15, 0.2) is 22.8 Å². The molecule has 0 aliphatic carbocycles.